The molecule has 0 aromatic carbocycles. The van der Waals surface area contributed by atoms with E-state index in [0.29, 0.717) is 5.88 Å². The maximum absolute atomic E-state index is 4.98. The van der Waals surface area contributed by atoms with Crippen molar-refractivity contribution in [3.63, 3.8) is 0 Å². The quantitative estimate of drug-likeness (QED) is 0.666. The first kappa shape index (κ1) is 10.4. The van der Waals surface area contributed by atoms with Gasteiger partial charge >= 0.3 is 0 Å². The predicted octanol–water partition coefficient (Wildman–Crippen LogP) is 1.84. The number of methoxy groups -OCH3 is 1. The molecule has 0 amide bonds. The van der Waals surface area contributed by atoms with E-state index in [2.05, 4.69) is 21.8 Å². The molecule has 1 aliphatic rings. The highest BCUT2D eigenvalue weighted by molar-refractivity contribution is 5.65. The Morgan fingerprint density at radius 2 is 2.25 bits per heavy atom. The van der Waals surface area contributed by atoms with Crippen LogP contribution in [0.2, 0.25) is 0 Å². The van der Waals surface area contributed by atoms with Gasteiger partial charge in [0.25, 0.3) is 0 Å². The van der Waals surface area contributed by atoms with Gasteiger partial charge in [-0.15, -0.1) is 0 Å². The lowest BCUT2D eigenvalue weighted by Gasteiger charge is -1.99. The molecule has 0 unspecified atom stereocenters. The fourth-order valence-corrected chi connectivity index (χ4v) is 1.31. The zero-order valence-electron chi connectivity index (χ0n) is 9.10. The average Bonchev–Trinajstić information content (AvgIpc) is 2.38. The average molecular weight is 212 g/mol. The molecule has 0 radical (unpaired) electrons. The fourth-order valence-electron chi connectivity index (χ4n) is 1.31. The number of hydrogen-bond donors (Lipinski definition) is 0. The summed E-state index contributed by atoms with van der Waals surface area (Å²) in [6.45, 7) is 0.741. The van der Waals surface area contributed by atoms with Crippen molar-refractivity contribution >= 4 is 6.21 Å². The lowest BCUT2D eigenvalue weighted by Crippen LogP contribution is -1.91. The van der Waals surface area contributed by atoms with E-state index in [1.165, 1.54) is 0 Å². The topological polar surface area (TPSA) is 34.5 Å². The summed E-state index contributed by atoms with van der Waals surface area (Å²) in [5, 5.41) is 0. The van der Waals surface area contributed by atoms with Gasteiger partial charge in [0, 0.05) is 36.0 Å². The minimum Gasteiger partial charge on any atom is -0.481 e. The molecule has 0 spiro atoms. The van der Waals surface area contributed by atoms with E-state index in [1.807, 2.05) is 18.4 Å². The summed E-state index contributed by atoms with van der Waals surface area (Å²) in [4.78, 5) is 8.20. The van der Waals surface area contributed by atoms with Gasteiger partial charge in [-0.3, -0.25) is 4.99 Å². The highest BCUT2D eigenvalue weighted by Crippen LogP contribution is 2.06. The lowest BCUT2D eigenvalue weighted by atomic mass is 10.1. The van der Waals surface area contributed by atoms with Crippen molar-refractivity contribution < 1.29 is 4.74 Å². The summed E-state index contributed by atoms with van der Waals surface area (Å²) in [7, 11) is 1.60. The normalized spacial score (nSPS) is 13.7. The molecule has 1 aromatic rings. The van der Waals surface area contributed by atoms with E-state index in [0.717, 1.165) is 24.1 Å². The van der Waals surface area contributed by atoms with Crippen LogP contribution in [0.25, 0.3) is 0 Å². The molecule has 0 bridgehead atoms. The van der Waals surface area contributed by atoms with Crippen molar-refractivity contribution in [2.75, 3.05) is 13.7 Å². The molecular weight excluding hydrogens is 200 g/mol. The van der Waals surface area contributed by atoms with E-state index >= 15 is 0 Å². The molecule has 0 fully saturated rings. The Labute approximate surface area is 94.9 Å². The predicted molar refractivity (Wildman–Crippen MR) is 63.7 cm³/mol. The maximum atomic E-state index is 4.98. The van der Waals surface area contributed by atoms with Crippen LogP contribution in [0.15, 0.2) is 35.0 Å². The highest BCUT2D eigenvalue weighted by atomic mass is 16.5. The van der Waals surface area contributed by atoms with Gasteiger partial charge in [0.1, 0.15) is 0 Å². The van der Waals surface area contributed by atoms with Crippen LogP contribution >= 0.6 is 0 Å². The minimum atomic E-state index is 0.606. The van der Waals surface area contributed by atoms with Crippen LogP contribution in [0.4, 0.5) is 0 Å². The third kappa shape index (κ3) is 2.71. The first-order chi connectivity index (χ1) is 7.88. The van der Waals surface area contributed by atoms with Crippen LogP contribution in [-0.4, -0.2) is 24.9 Å². The van der Waals surface area contributed by atoms with Gasteiger partial charge < -0.3 is 4.74 Å². The van der Waals surface area contributed by atoms with Crippen molar-refractivity contribution in [1.29, 1.82) is 0 Å². The Kier molecular flexibility index (Phi) is 3.35. The zero-order valence-corrected chi connectivity index (χ0v) is 9.10. The molecule has 1 aromatic heterocycles. The molecule has 16 heavy (non-hydrogen) atoms. The molecular formula is C13H12N2O. The van der Waals surface area contributed by atoms with Gasteiger partial charge in [0.15, 0.2) is 0 Å². The monoisotopic (exact) mass is 212 g/mol. The number of aromatic nitrogens is 1. The van der Waals surface area contributed by atoms with Crippen molar-refractivity contribution in [3.8, 4) is 17.7 Å². The largest absolute Gasteiger partial charge is 0.481 e. The first-order valence-electron chi connectivity index (χ1n) is 5.08. The van der Waals surface area contributed by atoms with E-state index in [9.17, 15) is 0 Å². The number of aliphatic imine (C=N–C) groups is 1. The molecule has 2 heterocycles. The lowest BCUT2D eigenvalue weighted by molar-refractivity contribution is 0.398. The van der Waals surface area contributed by atoms with Crippen LogP contribution in [0.1, 0.15) is 12.0 Å². The van der Waals surface area contributed by atoms with E-state index in [-0.39, 0.29) is 0 Å². The second kappa shape index (κ2) is 5.13. The first-order valence-corrected chi connectivity index (χ1v) is 5.08. The Morgan fingerprint density at radius 3 is 2.88 bits per heavy atom. The SMILES string of the molecule is COc1ccc(C#CC2=CCN=CC2)cn1. The van der Waals surface area contributed by atoms with Gasteiger partial charge in [-0.05, 0) is 6.07 Å². The molecule has 1 aliphatic heterocycles. The second-order valence-electron chi connectivity index (χ2n) is 3.32. The standard InChI is InChI=1S/C13H12N2O/c1-16-13-5-4-12(10-15-13)3-2-11-6-8-14-9-7-11/h4-6,9-10H,7-8H2,1H3. The minimum absolute atomic E-state index is 0.606. The van der Waals surface area contributed by atoms with Gasteiger partial charge in [-0.1, -0.05) is 17.9 Å². The van der Waals surface area contributed by atoms with Gasteiger partial charge in [-0.25, -0.2) is 4.98 Å². The Morgan fingerprint density at radius 1 is 1.31 bits per heavy atom. The van der Waals surface area contributed by atoms with Crippen molar-refractivity contribution in [1.82, 2.24) is 4.98 Å². The van der Waals surface area contributed by atoms with E-state index in [1.54, 1.807) is 19.4 Å². The maximum Gasteiger partial charge on any atom is 0.212 e. The molecule has 3 nitrogen and oxygen atoms in total. The van der Waals surface area contributed by atoms with Gasteiger partial charge in [0.05, 0.1) is 13.7 Å². The highest BCUT2D eigenvalue weighted by Gasteiger charge is 1.95. The van der Waals surface area contributed by atoms with Crippen LogP contribution in [0.5, 0.6) is 5.88 Å². The summed E-state index contributed by atoms with van der Waals surface area (Å²) in [6.07, 6.45) is 6.49. The zero-order chi connectivity index (χ0) is 11.2. The molecule has 0 atom stereocenters. The number of rotatable bonds is 1. The molecule has 0 N–H and O–H groups in total. The molecule has 3 heteroatoms. The van der Waals surface area contributed by atoms with Gasteiger partial charge in [-0.2, -0.15) is 0 Å². The Bertz CT molecular complexity index is 475. The number of allylic oxidation sites excluding steroid dienone is 1. The van der Waals surface area contributed by atoms with Crippen molar-refractivity contribution in [2.24, 2.45) is 4.99 Å². The van der Waals surface area contributed by atoms with Crippen LogP contribution < -0.4 is 4.74 Å². The van der Waals surface area contributed by atoms with Gasteiger partial charge in [0.2, 0.25) is 5.88 Å². The van der Waals surface area contributed by atoms with Crippen molar-refractivity contribution in [3.05, 3.63) is 35.5 Å². The van der Waals surface area contributed by atoms with E-state index < -0.39 is 0 Å². The number of nitrogens with zero attached hydrogens (tertiary/aromatic N) is 2. The number of ether oxygens (including phenoxy) is 1. The van der Waals surface area contributed by atoms with E-state index in [4.69, 9.17) is 4.74 Å². The Balaban J connectivity index is 2.08. The molecule has 0 saturated carbocycles. The summed E-state index contributed by atoms with van der Waals surface area (Å²) in [5.41, 5.74) is 2.01. The third-order valence-electron chi connectivity index (χ3n) is 2.20. The van der Waals surface area contributed by atoms with Crippen molar-refractivity contribution in [2.45, 2.75) is 6.42 Å². The second-order valence-corrected chi connectivity index (χ2v) is 3.32. The van der Waals surface area contributed by atoms with Crippen LogP contribution in [-0.2, 0) is 0 Å². The van der Waals surface area contributed by atoms with Crippen LogP contribution in [0, 0.1) is 11.8 Å². The molecule has 0 aliphatic carbocycles. The smallest absolute Gasteiger partial charge is 0.212 e. The molecule has 2 rings (SSSR count). The summed E-state index contributed by atoms with van der Waals surface area (Å²) in [5.74, 6) is 6.79. The Hall–Kier alpha value is -2.08. The summed E-state index contributed by atoms with van der Waals surface area (Å²) < 4.78 is 4.98. The molecule has 0 saturated heterocycles. The molecule has 80 valence electrons. The number of pyridine rings is 1. The summed E-state index contributed by atoms with van der Waals surface area (Å²) in [6, 6.07) is 3.71. The van der Waals surface area contributed by atoms with Crippen LogP contribution in [0.3, 0.4) is 0 Å². The summed E-state index contributed by atoms with van der Waals surface area (Å²) >= 11 is 0. The number of hydrogen-bond acceptors (Lipinski definition) is 3. The number of dihydropyridines is 1. The third-order valence-corrected chi connectivity index (χ3v) is 2.20. The fraction of sp³-hybridized carbons (Fsp3) is 0.231.